The number of hydrogen-bond donors (Lipinski definition) is 1. The number of ether oxygens (including phenoxy) is 1. The average molecular weight is 382 g/mol. The highest BCUT2D eigenvalue weighted by Crippen LogP contribution is 2.31. The number of methoxy groups -OCH3 is 1. The number of benzene rings is 2. The molecule has 5 nitrogen and oxygen atoms in total. The summed E-state index contributed by atoms with van der Waals surface area (Å²) in [6.07, 6.45) is -4.49. The summed E-state index contributed by atoms with van der Waals surface area (Å²) in [6.45, 7) is 0. The molecule has 26 heavy (non-hydrogen) atoms. The standard InChI is InChI=1S/C17H11ClF3N3O2/c1-26-16-13-7-9(5-6-12(13)14(18)23-24-16)15(25)22-11-4-2-3-10(8-11)17(19,20)21/h2-8H,1H3,(H,22,25). The number of hydrogen-bond acceptors (Lipinski definition) is 4. The minimum atomic E-state index is -4.49. The van der Waals surface area contributed by atoms with Gasteiger partial charge in [-0.15, -0.1) is 10.2 Å². The largest absolute Gasteiger partial charge is 0.479 e. The maximum absolute atomic E-state index is 12.8. The fourth-order valence-electron chi connectivity index (χ4n) is 2.37. The van der Waals surface area contributed by atoms with Gasteiger partial charge in [0.2, 0.25) is 5.88 Å². The fourth-order valence-corrected chi connectivity index (χ4v) is 2.57. The molecule has 0 atom stereocenters. The molecule has 1 heterocycles. The van der Waals surface area contributed by atoms with Gasteiger partial charge in [-0.25, -0.2) is 0 Å². The topological polar surface area (TPSA) is 64.1 Å². The van der Waals surface area contributed by atoms with E-state index < -0.39 is 17.6 Å². The molecule has 134 valence electrons. The minimum absolute atomic E-state index is 0.0303. The molecule has 0 spiro atoms. The lowest BCUT2D eigenvalue weighted by atomic mass is 10.1. The quantitative estimate of drug-likeness (QED) is 0.722. The van der Waals surface area contributed by atoms with Gasteiger partial charge in [-0.05, 0) is 30.3 Å². The number of fused-ring (bicyclic) bond motifs is 1. The van der Waals surface area contributed by atoms with Crippen molar-refractivity contribution in [2.75, 3.05) is 12.4 Å². The minimum Gasteiger partial charge on any atom is -0.479 e. The van der Waals surface area contributed by atoms with Crippen molar-refractivity contribution in [3.8, 4) is 5.88 Å². The Hall–Kier alpha value is -2.87. The molecule has 0 unspecified atom stereocenters. The molecular formula is C17H11ClF3N3O2. The lowest BCUT2D eigenvalue weighted by molar-refractivity contribution is -0.137. The Morgan fingerprint density at radius 1 is 1.12 bits per heavy atom. The van der Waals surface area contributed by atoms with Crippen molar-refractivity contribution < 1.29 is 22.7 Å². The molecule has 2 aromatic carbocycles. The maximum Gasteiger partial charge on any atom is 0.416 e. The monoisotopic (exact) mass is 381 g/mol. The van der Waals surface area contributed by atoms with Crippen LogP contribution < -0.4 is 10.1 Å². The summed E-state index contributed by atoms with van der Waals surface area (Å²) >= 11 is 5.97. The normalized spacial score (nSPS) is 11.4. The number of rotatable bonds is 3. The molecule has 0 aliphatic carbocycles. The SMILES string of the molecule is COc1nnc(Cl)c2ccc(C(=O)Nc3cccc(C(F)(F)F)c3)cc12. The van der Waals surface area contributed by atoms with Gasteiger partial charge in [0.25, 0.3) is 5.91 Å². The van der Waals surface area contributed by atoms with E-state index in [1.54, 1.807) is 6.07 Å². The van der Waals surface area contributed by atoms with Gasteiger partial charge in [-0.3, -0.25) is 4.79 Å². The number of alkyl halides is 3. The molecule has 3 rings (SSSR count). The van der Waals surface area contributed by atoms with Crippen LogP contribution in [0.4, 0.5) is 18.9 Å². The van der Waals surface area contributed by atoms with Crippen LogP contribution >= 0.6 is 11.6 Å². The molecule has 1 amide bonds. The first-order valence-corrected chi connectivity index (χ1v) is 7.66. The van der Waals surface area contributed by atoms with E-state index in [2.05, 4.69) is 15.5 Å². The Kier molecular flexibility index (Phi) is 4.69. The van der Waals surface area contributed by atoms with Crippen molar-refractivity contribution in [3.63, 3.8) is 0 Å². The van der Waals surface area contributed by atoms with E-state index >= 15 is 0 Å². The van der Waals surface area contributed by atoms with Gasteiger partial charge in [-0.1, -0.05) is 23.7 Å². The highest BCUT2D eigenvalue weighted by Gasteiger charge is 2.30. The first-order chi connectivity index (χ1) is 12.3. The van der Waals surface area contributed by atoms with E-state index in [1.165, 1.54) is 31.4 Å². The molecule has 0 saturated carbocycles. The highest BCUT2D eigenvalue weighted by molar-refractivity contribution is 6.34. The lowest BCUT2D eigenvalue weighted by Crippen LogP contribution is -2.13. The number of amides is 1. The van der Waals surface area contributed by atoms with Gasteiger partial charge in [0.05, 0.1) is 12.7 Å². The van der Waals surface area contributed by atoms with Crippen molar-refractivity contribution in [1.82, 2.24) is 10.2 Å². The van der Waals surface area contributed by atoms with Gasteiger partial charge in [-0.2, -0.15) is 13.2 Å². The van der Waals surface area contributed by atoms with Crippen LogP contribution in [-0.4, -0.2) is 23.2 Å². The highest BCUT2D eigenvalue weighted by atomic mass is 35.5. The average Bonchev–Trinajstić information content (AvgIpc) is 2.61. The number of aromatic nitrogens is 2. The Morgan fingerprint density at radius 2 is 1.88 bits per heavy atom. The third-order valence-electron chi connectivity index (χ3n) is 3.60. The van der Waals surface area contributed by atoms with Gasteiger partial charge in [0, 0.05) is 22.0 Å². The van der Waals surface area contributed by atoms with E-state index in [9.17, 15) is 18.0 Å². The van der Waals surface area contributed by atoms with Crippen molar-refractivity contribution in [1.29, 1.82) is 0 Å². The number of carbonyl (C=O) groups excluding carboxylic acids is 1. The number of nitrogens with one attached hydrogen (secondary N) is 1. The van der Waals surface area contributed by atoms with Crippen LogP contribution in [-0.2, 0) is 6.18 Å². The second-order valence-electron chi connectivity index (χ2n) is 5.29. The Balaban J connectivity index is 1.93. The molecule has 1 aromatic heterocycles. The van der Waals surface area contributed by atoms with Crippen molar-refractivity contribution >= 4 is 34.0 Å². The molecular weight excluding hydrogens is 371 g/mol. The van der Waals surface area contributed by atoms with Crippen LogP contribution in [0.3, 0.4) is 0 Å². The second-order valence-corrected chi connectivity index (χ2v) is 5.65. The predicted octanol–water partition coefficient (Wildman–Crippen LogP) is 4.56. The molecule has 0 aliphatic heterocycles. The molecule has 1 N–H and O–H groups in total. The zero-order chi connectivity index (χ0) is 18.9. The number of halogens is 4. The van der Waals surface area contributed by atoms with E-state index in [4.69, 9.17) is 16.3 Å². The molecule has 0 aliphatic rings. The molecule has 0 saturated heterocycles. The summed E-state index contributed by atoms with van der Waals surface area (Å²) in [5.74, 6) is -0.403. The summed E-state index contributed by atoms with van der Waals surface area (Å²) in [5, 5.41) is 11.1. The summed E-state index contributed by atoms with van der Waals surface area (Å²) < 4.78 is 43.4. The summed E-state index contributed by atoms with van der Waals surface area (Å²) in [6, 6.07) is 8.92. The molecule has 0 fully saturated rings. The van der Waals surface area contributed by atoms with E-state index in [0.717, 1.165) is 12.1 Å². The zero-order valence-electron chi connectivity index (χ0n) is 13.3. The van der Waals surface area contributed by atoms with Crippen LogP contribution in [0.5, 0.6) is 5.88 Å². The third-order valence-corrected chi connectivity index (χ3v) is 3.88. The molecule has 3 aromatic rings. The first-order valence-electron chi connectivity index (χ1n) is 7.28. The van der Waals surface area contributed by atoms with Crippen molar-refractivity contribution in [3.05, 3.63) is 58.7 Å². The number of nitrogens with zero attached hydrogens (tertiary/aromatic N) is 2. The zero-order valence-corrected chi connectivity index (χ0v) is 14.0. The molecule has 0 radical (unpaired) electrons. The summed E-state index contributed by atoms with van der Waals surface area (Å²) in [7, 11) is 1.40. The van der Waals surface area contributed by atoms with Crippen molar-refractivity contribution in [2.45, 2.75) is 6.18 Å². The Morgan fingerprint density at radius 3 is 2.58 bits per heavy atom. The number of carbonyl (C=O) groups is 1. The van der Waals surface area contributed by atoms with Gasteiger partial charge >= 0.3 is 6.18 Å². The lowest BCUT2D eigenvalue weighted by Gasteiger charge is -2.11. The maximum atomic E-state index is 12.8. The Labute approximate surface area is 150 Å². The van der Waals surface area contributed by atoms with Gasteiger partial charge in [0.1, 0.15) is 0 Å². The van der Waals surface area contributed by atoms with Crippen LogP contribution in [0.15, 0.2) is 42.5 Å². The van der Waals surface area contributed by atoms with Gasteiger partial charge < -0.3 is 10.1 Å². The van der Waals surface area contributed by atoms with Crippen LogP contribution in [0.2, 0.25) is 5.15 Å². The van der Waals surface area contributed by atoms with Crippen LogP contribution in [0.1, 0.15) is 15.9 Å². The molecule has 0 bridgehead atoms. The van der Waals surface area contributed by atoms with E-state index in [0.29, 0.717) is 10.8 Å². The first kappa shape index (κ1) is 17.9. The van der Waals surface area contributed by atoms with Crippen LogP contribution in [0, 0.1) is 0 Å². The van der Waals surface area contributed by atoms with Crippen molar-refractivity contribution in [2.24, 2.45) is 0 Å². The van der Waals surface area contributed by atoms with Crippen LogP contribution in [0.25, 0.3) is 10.8 Å². The summed E-state index contributed by atoms with van der Waals surface area (Å²) in [4.78, 5) is 12.4. The molecule has 9 heteroatoms. The fraction of sp³-hybridized carbons (Fsp3) is 0.118. The summed E-state index contributed by atoms with van der Waals surface area (Å²) in [5.41, 5.74) is -0.613. The van der Waals surface area contributed by atoms with Gasteiger partial charge in [0.15, 0.2) is 5.15 Å². The predicted molar refractivity (Wildman–Crippen MR) is 90.5 cm³/mol. The second kappa shape index (κ2) is 6.80. The Bertz CT molecular complexity index is 993. The van der Waals surface area contributed by atoms with E-state index in [-0.39, 0.29) is 22.3 Å². The third kappa shape index (κ3) is 3.55. The number of anilines is 1. The smallest absolute Gasteiger partial charge is 0.416 e. The van der Waals surface area contributed by atoms with E-state index in [1.807, 2.05) is 0 Å².